The van der Waals surface area contributed by atoms with E-state index in [2.05, 4.69) is 15.8 Å². The lowest BCUT2D eigenvalue weighted by Crippen LogP contribution is -2.48. The van der Waals surface area contributed by atoms with Gasteiger partial charge >= 0.3 is 0 Å². The summed E-state index contributed by atoms with van der Waals surface area (Å²) in [7, 11) is 0. The molecule has 2 aromatic carbocycles. The Morgan fingerprint density at radius 2 is 1.81 bits per heavy atom. The van der Waals surface area contributed by atoms with Crippen molar-refractivity contribution in [3.05, 3.63) is 75.8 Å². The lowest BCUT2D eigenvalue weighted by atomic mass is 10.2. The van der Waals surface area contributed by atoms with Gasteiger partial charge in [0.25, 0.3) is 17.7 Å². The molecule has 7 nitrogen and oxygen atoms in total. The molecule has 164 valence electrons. The van der Waals surface area contributed by atoms with Crippen molar-refractivity contribution in [2.75, 3.05) is 6.54 Å². The Morgan fingerprint density at radius 3 is 2.50 bits per heavy atom. The summed E-state index contributed by atoms with van der Waals surface area (Å²) in [6.45, 7) is 1.83. The maximum Gasteiger partial charge on any atom is 0.274 e. The average Bonchev–Trinajstić information content (AvgIpc) is 3.52. The predicted molar refractivity (Wildman–Crippen MR) is 123 cm³/mol. The largest absolute Gasteiger partial charge is 0.325 e. The summed E-state index contributed by atoms with van der Waals surface area (Å²) in [6.07, 6.45) is 1.67. The van der Waals surface area contributed by atoms with E-state index in [0.29, 0.717) is 5.69 Å². The summed E-state index contributed by atoms with van der Waals surface area (Å²) in [5.74, 6) is -1.33. The van der Waals surface area contributed by atoms with Crippen LogP contribution in [0.2, 0.25) is 5.02 Å². The van der Waals surface area contributed by atoms with E-state index in [9.17, 15) is 14.4 Å². The first kappa shape index (κ1) is 22.0. The highest BCUT2D eigenvalue weighted by molar-refractivity contribution is 7.13. The number of thiazole rings is 1. The Hall–Kier alpha value is -3.23. The minimum absolute atomic E-state index is 0.00274. The number of nitrogens with one attached hydrogen (secondary N) is 2. The number of nitrogens with zero attached hydrogens (tertiary/aromatic N) is 2. The molecule has 0 saturated heterocycles. The second-order valence-electron chi connectivity index (χ2n) is 7.55. The molecule has 4 rings (SSSR count). The summed E-state index contributed by atoms with van der Waals surface area (Å²) in [5.41, 5.74) is 7.34. The Morgan fingerprint density at radius 1 is 1.09 bits per heavy atom. The Labute approximate surface area is 194 Å². The number of hydrazine groups is 1. The van der Waals surface area contributed by atoms with E-state index in [0.717, 1.165) is 29.0 Å². The molecule has 1 aliphatic rings. The van der Waals surface area contributed by atoms with Crippen molar-refractivity contribution in [3.63, 3.8) is 0 Å². The second kappa shape index (κ2) is 9.50. The van der Waals surface area contributed by atoms with Crippen molar-refractivity contribution < 1.29 is 14.4 Å². The third kappa shape index (κ3) is 5.15. The van der Waals surface area contributed by atoms with Crippen molar-refractivity contribution in [2.24, 2.45) is 0 Å². The van der Waals surface area contributed by atoms with Crippen LogP contribution in [0.4, 0.5) is 0 Å². The zero-order valence-electron chi connectivity index (χ0n) is 17.3. The molecule has 0 spiro atoms. The van der Waals surface area contributed by atoms with Gasteiger partial charge in [0.1, 0.15) is 17.2 Å². The SMILES string of the molecule is Cc1ccc(-c2nc(C(=O)N(CC(=O)NNC(=O)c3ccccc3Cl)C3CC3)cs2)cc1. The Bertz CT molecular complexity index is 1160. The number of hydrogen-bond donors (Lipinski definition) is 2. The highest BCUT2D eigenvalue weighted by atomic mass is 35.5. The molecule has 1 saturated carbocycles. The Kier molecular flexibility index (Phi) is 6.53. The number of rotatable bonds is 6. The van der Waals surface area contributed by atoms with Crippen LogP contribution in [0.15, 0.2) is 53.9 Å². The molecule has 1 aliphatic carbocycles. The first-order valence-electron chi connectivity index (χ1n) is 10.1. The molecular weight excluding hydrogens is 448 g/mol. The van der Waals surface area contributed by atoms with Crippen LogP contribution >= 0.6 is 22.9 Å². The van der Waals surface area contributed by atoms with E-state index >= 15 is 0 Å². The van der Waals surface area contributed by atoms with Gasteiger partial charge in [-0.3, -0.25) is 25.2 Å². The van der Waals surface area contributed by atoms with Crippen LogP contribution in [-0.2, 0) is 4.79 Å². The summed E-state index contributed by atoms with van der Waals surface area (Å²) in [5, 5.41) is 2.74. The van der Waals surface area contributed by atoms with E-state index < -0.39 is 11.8 Å². The number of aryl methyl sites for hydroxylation is 1. The number of halogens is 1. The molecule has 0 bridgehead atoms. The molecule has 1 heterocycles. The van der Waals surface area contributed by atoms with Crippen LogP contribution in [0.5, 0.6) is 0 Å². The van der Waals surface area contributed by atoms with E-state index in [1.165, 1.54) is 16.2 Å². The molecule has 1 fully saturated rings. The van der Waals surface area contributed by atoms with E-state index in [1.54, 1.807) is 29.6 Å². The highest BCUT2D eigenvalue weighted by Crippen LogP contribution is 2.30. The van der Waals surface area contributed by atoms with Crippen LogP contribution < -0.4 is 10.9 Å². The van der Waals surface area contributed by atoms with Gasteiger partial charge in [-0.25, -0.2) is 4.98 Å². The number of amides is 3. The number of benzene rings is 2. The molecule has 0 atom stereocenters. The van der Waals surface area contributed by atoms with Gasteiger partial charge in [-0.05, 0) is 31.9 Å². The monoisotopic (exact) mass is 468 g/mol. The highest BCUT2D eigenvalue weighted by Gasteiger charge is 2.35. The topological polar surface area (TPSA) is 91.4 Å². The van der Waals surface area contributed by atoms with Crippen LogP contribution in [0, 0.1) is 6.92 Å². The lowest BCUT2D eigenvalue weighted by Gasteiger charge is -2.21. The first-order valence-corrected chi connectivity index (χ1v) is 11.4. The van der Waals surface area contributed by atoms with Gasteiger partial charge in [0.15, 0.2) is 0 Å². The fourth-order valence-corrected chi connectivity index (χ4v) is 4.16. The molecule has 9 heteroatoms. The summed E-state index contributed by atoms with van der Waals surface area (Å²) < 4.78 is 0. The van der Waals surface area contributed by atoms with Gasteiger partial charge in [-0.15, -0.1) is 11.3 Å². The summed E-state index contributed by atoms with van der Waals surface area (Å²) >= 11 is 7.39. The zero-order valence-corrected chi connectivity index (χ0v) is 18.9. The second-order valence-corrected chi connectivity index (χ2v) is 8.82. The van der Waals surface area contributed by atoms with Gasteiger partial charge in [0, 0.05) is 17.0 Å². The third-order valence-electron chi connectivity index (χ3n) is 5.02. The smallest absolute Gasteiger partial charge is 0.274 e. The van der Waals surface area contributed by atoms with Crippen molar-refractivity contribution in [1.82, 2.24) is 20.7 Å². The zero-order chi connectivity index (χ0) is 22.7. The summed E-state index contributed by atoms with van der Waals surface area (Å²) in [6, 6.07) is 14.5. The normalized spacial score (nSPS) is 12.8. The fourth-order valence-electron chi connectivity index (χ4n) is 3.13. The molecule has 0 unspecified atom stereocenters. The standard InChI is InChI=1S/C23H21ClN4O3S/c1-14-6-8-15(9-7-14)22-25-19(13-32-22)23(31)28(16-10-11-16)12-20(29)26-27-21(30)17-4-2-3-5-18(17)24/h2-9,13,16H,10-12H2,1H3,(H,26,29)(H,27,30). The molecule has 0 radical (unpaired) electrons. The molecular formula is C23H21ClN4O3S. The minimum atomic E-state index is -0.532. The molecule has 2 N–H and O–H groups in total. The maximum atomic E-state index is 13.1. The number of carbonyl (C=O) groups is 3. The maximum absolute atomic E-state index is 13.1. The lowest BCUT2D eigenvalue weighted by molar-refractivity contribution is -0.122. The quantitative estimate of drug-likeness (QED) is 0.538. The number of aromatic nitrogens is 1. The van der Waals surface area contributed by atoms with Crippen LogP contribution in [0.1, 0.15) is 39.3 Å². The molecule has 3 amide bonds. The predicted octanol–water partition coefficient (Wildman–Crippen LogP) is 3.84. The van der Waals surface area contributed by atoms with Gasteiger partial charge in [-0.2, -0.15) is 0 Å². The first-order chi connectivity index (χ1) is 15.4. The third-order valence-corrected chi connectivity index (χ3v) is 6.24. The van der Waals surface area contributed by atoms with Crippen molar-refractivity contribution in [2.45, 2.75) is 25.8 Å². The Balaban J connectivity index is 1.39. The van der Waals surface area contributed by atoms with Crippen LogP contribution in [0.3, 0.4) is 0 Å². The van der Waals surface area contributed by atoms with E-state index in [4.69, 9.17) is 11.6 Å². The summed E-state index contributed by atoms with van der Waals surface area (Å²) in [4.78, 5) is 43.7. The van der Waals surface area contributed by atoms with Crippen molar-refractivity contribution >= 4 is 40.7 Å². The van der Waals surface area contributed by atoms with E-state index in [1.807, 2.05) is 31.2 Å². The average molecular weight is 469 g/mol. The van der Waals surface area contributed by atoms with Crippen LogP contribution in [0.25, 0.3) is 10.6 Å². The number of hydrogen-bond acceptors (Lipinski definition) is 5. The van der Waals surface area contributed by atoms with Gasteiger partial charge in [0.2, 0.25) is 0 Å². The number of carbonyl (C=O) groups excluding carboxylic acids is 3. The van der Waals surface area contributed by atoms with Crippen LogP contribution in [-0.4, -0.2) is 40.2 Å². The molecule has 3 aromatic rings. The van der Waals surface area contributed by atoms with Crippen molar-refractivity contribution in [1.29, 1.82) is 0 Å². The van der Waals surface area contributed by atoms with E-state index in [-0.39, 0.29) is 29.1 Å². The van der Waals surface area contributed by atoms with Gasteiger partial charge in [0.05, 0.1) is 10.6 Å². The van der Waals surface area contributed by atoms with Gasteiger partial charge in [-0.1, -0.05) is 53.6 Å². The van der Waals surface area contributed by atoms with Gasteiger partial charge < -0.3 is 4.90 Å². The van der Waals surface area contributed by atoms with Crippen molar-refractivity contribution in [3.8, 4) is 10.6 Å². The molecule has 32 heavy (non-hydrogen) atoms. The minimum Gasteiger partial charge on any atom is -0.325 e. The fraction of sp³-hybridized carbons (Fsp3) is 0.217. The molecule has 0 aliphatic heterocycles. The molecule has 1 aromatic heterocycles.